The molecule has 1 aliphatic carbocycles. The minimum atomic E-state index is 0.383. The van der Waals surface area contributed by atoms with E-state index in [-0.39, 0.29) is 0 Å². The summed E-state index contributed by atoms with van der Waals surface area (Å²) in [4.78, 5) is 0. The van der Waals surface area contributed by atoms with E-state index < -0.39 is 0 Å². The summed E-state index contributed by atoms with van der Waals surface area (Å²) in [6.45, 7) is 11.4. The first-order valence-electron chi connectivity index (χ1n) is 7.68. The van der Waals surface area contributed by atoms with Crippen molar-refractivity contribution in [3.8, 4) is 0 Å². The summed E-state index contributed by atoms with van der Waals surface area (Å²) in [5.74, 6) is 1.68. The molecule has 1 fully saturated rings. The zero-order valence-electron chi connectivity index (χ0n) is 13.3. The molecule has 1 N–H and O–H groups in total. The van der Waals surface area contributed by atoms with E-state index in [1.807, 2.05) is 7.05 Å². The van der Waals surface area contributed by atoms with Gasteiger partial charge in [-0.2, -0.15) is 5.10 Å². The molecule has 0 bridgehead atoms. The lowest BCUT2D eigenvalue weighted by molar-refractivity contribution is 0.198. The van der Waals surface area contributed by atoms with Crippen LogP contribution in [0.4, 0.5) is 0 Å². The van der Waals surface area contributed by atoms with Crippen molar-refractivity contribution in [1.29, 1.82) is 0 Å². The van der Waals surface area contributed by atoms with Crippen LogP contribution in [-0.4, -0.2) is 16.8 Å². The van der Waals surface area contributed by atoms with Crippen LogP contribution >= 0.6 is 0 Å². The molecule has 3 heteroatoms. The Labute approximate surface area is 117 Å². The molecular formula is C16H29N3. The van der Waals surface area contributed by atoms with E-state index in [4.69, 9.17) is 5.10 Å². The average Bonchev–Trinajstić information content (AvgIpc) is 2.67. The predicted molar refractivity (Wildman–Crippen MR) is 80.4 cm³/mol. The van der Waals surface area contributed by atoms with E-state index in [2.05, 4.69) is 44.6 Å². The number of nitrogens with zero attached hydrogens (tertiary/aromatic N) is 2. The number of hydrogen-bond acceptors (Lipinski definition) is 2. The summed E-state index contributed by atoms with van der Waals surface area (Å²) in [6.07, 6.45) is 3.89. The third-order valence-electron chi connectivity index (χ3n) is 5.16. The molecule has 108 valence electrons. The van der Waals surface area contributed by atoms with Gasteiger partial charge in [0.15, 0.2) is 0 Å². The summed E-state index contributed by atoms with van der Waals surface area (Å²) < 4.78 is 2.31. The third-order valence-corrected chi connectivity index (χ3v) is 5.16. The van der Waals surface area contributed by atoms with Gasteiger partial charge in [0, 0.05) is 17.3 Å². The maximum Gasteiger partial charge on any atom is 0.0644 e. The Morgan fingerprint density at radius 1 is 1.21 bits per heavy atom. The molecule has 1 aromatic heterocycles. The number of aromatic nitrogens is 2. The van der Waals surface area contributed by atoms with Gasteiger partial charge in [0.2, 0.25) is 0 Å². The predicted octanol–water partition coefficient (Wildman–Crippen LogP) is 3.78. The Balaban J connectivity index is 2.26. The number of nitrogens with one attached hydrogen (secondary N) is 1. The van der Waals surface area contributed by atoms with Gasteiger partial charge in [-0.3, -0.25) is 4.68 Å². The van der Waals surface area contributed by atoms with Gasteiger partial charge < -0.3 is 5.32 Å². The van der Waals surface area contributed by atoms with Gasteiger partial charge in [0.1, 0.15) is 0 Å². The fourth-order valence-corrected chi connectivity index (χ4v) is 3.54. The number of aryl methyl sites for hydroxylation is 1. The van der Waals surface area contributed by atoms with E-state index in [0.29, 0.717) is 12.1 Å². The Bertz CT molecular complexity index is 435. The lowest BCUT2D eigenvalue weighted by Crippen LogP contribution is -2.25. The second-order valence-electron chi connectivity index (χ2n) is 6.46. The van der Waals surface area contributed by atoms with Crippen LogP contribution < -0.4 is 5.32 Å². The smallest absolute Gasteiger partial charge is 0.0644 e. The van der Waals surface area contributed by atoms with Gasteiger partial charge in [-0.05, 0) is 58.9 Å². The minimum absolute atomic E-state index is 0.383. The van der Waals surface area contributed by atoms with Gasteiger partial charge in [0.25, 0.3) is 0 Å². The molecule has 0 aliphatic heterocycles. The number of rotatable bonds is 3. The third kappa shape index (κ3) is 2.71. The van der Waals surface area contributed by atoms with Crippen molar-refractivity contribution in [3.05, 3.63) is 17.0 Å². The summed E-state index contributed by atoms with van der Waals surface area (Å²) in [7, 11) is 2.02. The van der Waals surface area contributed by atoms with Crippen LogP contribution in [0.15, 0.2) is 0 Å². The molecule has 0 saturated heterocycles. The zero-order valence-corrected chi connectivity index (χ0v) is 13.3. The quantitative estimate of drug-likeness (QED) is 0.899. The van der Waals surface area contributed by atoms with Crippen molar-refractivity contribution in [2.45, 2.75) is 66.0 Å². The zero-order chi connectivity index (χ0) is 14.2. The summed E-state index contributed by atoms with van der Waals surface area (Å²) in [6, 6.07) is 0.983. The molecule has 0 spiro atoms. The highest BCUT2D eigenvalue weighted by atomic mass is 15.3. The van der Waals surface area contributed by atoms with Crippen molar-refractivity contribution in [1.82, 2.24) is 15.1 Å². The van der Waals surface area contributed by atoms with E-state index in [1.54, 1.807) is 0 Å². The van der Waals surface area contributed by atoms with Crippen molar-refractivity contribution in [3.63, 3.8) is 0 Å². The number of hydrogen-bond donors (Lipinski definition) is 1. The first-order valence-corrected chi connectivity index (χ1v) is 7.68. The maximum absolute atomic E-state index is 4.84. The summed E-state index contributed by atoms with van der Waals surface area (Å²) >= 11 is 0. The molecule has 0 aromatic carbocycles. The van der Waals surface area contributed by atoms with Crippen molar-refractivity contribution < 1.29 is 0 Å². The molecule has 3 nitrogen and oxygen atoms in total. The molecule has 1 aliphatic rings. The maximum atomic E-state index is 4.84. The normalized spacial score (nSPS) is 29.5. The molecular weight excluding hydrogens is 234 g/mol. The largest absolute Gasteiger partial charge is 0.313 e. The lowest BCUT2D eigenvalue weighted by Gasteiger charge is -2.32. The monoisotopic (exact) mass is 263 g/mol. The fourth-order valence-electron chi connectivity index (χ4n) is 3.54. The lowest BCUT2D eigenvalue weighted by atomic mass is 9.79. The van der Waals surface area contributed by atoms with Crippen LogP contribution in [-0.2, 0) is 0 Å². The van der Waals surface area contributed by atoms with Gasteiger partial charge >= 0.3 is 0 Å². The topological polar surface area (TPSA) is 29.9 Å². The van der Waals surface area contributed by atoms with E-state index in [9.17, 15) is 0 Å². The molecule has 4 unspecified atom stereocenters. The van der Waals surface area contributed by atoms with Crippen LogP contribution in [0.3, 0.4) is 0 Å². The summed E-state index contributed by atoms with van der Waals surface area (Å²) in [5.41, 5.74) is 3.92. The van der Waals surface area contributed by atoms with Gasteiger partial charge in [0.05, 0.1) is 11.7 Å². The molecule has 0 amide bonds. The van der Waals surface area contributed by atoms with Crippen molar-refractivity contribution in [2.24, 2.45) is 11.8 Å². The highest BCUT2D eigenvalue weighted by Crippen LogP contribution is 2.37. The molecule has 0 radical (unpaired) electrons. The first-order chi connectivity index (χ1) is 8.95. The minimum Gasteiger partial charge on any atom is -0.313 e. The Kier molecular flexibility index (Phi) is 4.34. The molecule has 4 atom stereocenters. The highest BCUT2D eigenvalue weighted by molar-refractivity contribution is 5.28. The van der Waals surface area contributed by atoms with Crippen LogP contribution in [0, 0.1) is 25.7 Å². The van der Waals surface area contributed by atoms with Crippen molar-refractivity contribution >= 4 is 0 Å². The second-order valence-corrected chi connectivity index (χ2v) is 6.46. The van der Waals surface area contributed by atoms with Gasteiger partial charge in [-0.1, -0.05) is 13.8 Å². The van der Waals surface area contributed by atoms with Crippen LogP contribution in [0.5, 0.6) is 0 Å². The van der Waals surface area contributed by atoms with E-state index in [0.717, 1.165) is 11.8 Å². The van der Waals surface area contributed by atoms with Crippen LogP contribution in [0.1, 0.15) is 69.1 Å². The van der Waals surface area contributed by atoms with Crippen molar-refractivity contribution in [2.75, 3.05) is 7.05 Å². The molecule has 1 saturated carbocycles. The average molecular weight is 263 g/mol. The SMILES string of the molecule is CNC(C)c1c(C)nn(C2CCC(C)C(C)C2)c1C. The molecule has 19 heavy (non-hydrogen) atoms. The summed E-state index contributed by atoms with van der Waals surface area (Å²) in [5, 5.41) is 8.18. The molecule has 1 aromatic rings. The standard InChI is InChI=1S/C16H29N3/c1-10-7-8-15(9-11(10)2)19-14(5)16(12(3)17-6)13(4)18-19/h10-12,15,17H,7-9H2,1-6H3. The Morgan fingerprint density at radius 2 is 1.89 bits per heavy atom. The fraction of sp³-hybridized carbons (Fsp3) is 0.812. The van der Waals surface area contributed by atoms with Gasteiger partial charge in [-0.15, -0.1) is 0 Å². The molecule has 1 heterocycles. The van der Waals surface area contributed by atoms with Crippen LogP contribution in [0.25, 0.3) is 0 Å². The van der Waals surface area contributed by atoms with Crippen LogP contribution in [0.2, 0.25) is 0 Å². The Hall–Kier alpha value is -0.830. The second kappa shape index (κ2) is 5.66. The van der Waals surface area contributed by atoms with E-state index in [1.165, 1.54) is 36.2 Å². The molecule has 2 rings (SSSR count). The highest BCUT2D eigenvalue weighted by Gasteiger charge is 2.28. The van der Waals surface area contributed by atoms with Gasteiger partial charge in [-0.25, -0.2) is 0 Å². The Morgan fingerprint density at radius 3 is 2.47 bits per heavy atom. The first kappa shape index (κ1) is 14.6. The van der Waals surface area contributed by atoms with E-state index >= 15 is 0 Å².